The summed E-state index contributed by atoms with van der Waals surface area (Å²) in [5.74, 6) is -0.662. The molecule has 1 unspecified atom stereocenters. The van der Waals surface area contributed by atoms with Gasteiger partial charge in [0.05, 0.1) is 35.4 Å². The summed E-state index contributed by atoms with van der Waals surface area (Å²) in [4.78, 5) is 16.5. The number of thioether (sulfide) groups is 1. The predicted molar refractivity (Wildman–Crippen MR) is 102 cm³/mol. The lowest BCUT2D eigenvalue weighted by atomic mass is 9.87. The van der Waals surface area contributed by atoms with Crippen molar-refractivity contribution >= 4 is 34.8 Å². The first kappa shape index (κ1) is 16.8. The Labute approximate surface area is 159 Å². The van der Waals surface area contributed by atoms with Crippen LogP contribution >= 0.6 is 23.1 Å². The summed E-state index contributed by atoms with van der Waals surface area (Å²) in [5.41, 5.74) is 8.20. The van der Waals surface area contributed by atoms with Gasteiger partial charge in [0, 0.05) is 9.77 Å². The molecule has 1 aromatic carbocycles. The van der Waals surface area contributed by atoms with E-state index in [0.717, 1.165) is 20.5 Å². The molecule has 2 aromatic rings. The highest BCUT2D eigenvalue weighted by Gasteiger charge is 2.43. The van der Waals surface area contributed by atoms with Crippen LogP contribution in [0.5, 0.6) is 0 Å². The fraction of sp³-hybridized carbons (Fsp3) is 0.158. The van der Waals surface area contributed by atoms with Crippen molar-refractivity contribution in [1.82, 2.24) is 0 Å². The Hall–Kier alpha value is -2.69. The third-order valence-corrected chi connectivity index (χ3v) is 6.38. The standard InChI is InChI=1S/C19H15N3O2S2/c1-2-24-19(23)16-15(14-8-5-9-25-14)11(10-20)18-22(17(16)21)12-6-3-4-7-13(12)26-18/h3-9,15H,2,21H2,1H3. The van der Waals surface area contributed by atoms with Crippen molar-refractivity contribution in [2.45, 2.75) is 17.7 Å². The normalized spacial score (nSPS) is 18.5. The second-order valence-corrected chi connectivity index (χ2v) is 7.71. The number of ether oxygens (including phenoxy) is 1. The van der Waals surface area contributed by atoms with E-state index in [1.807, 2.05) is 41.8 Å². The van der Waals surface area contributed by atoms with Crippen molar-refractivity contribution in [3.05, 3.63) is 68.7 Å². The number of hydrogen-bond donors (Lipinski definition) is 1. The lowest BCUT2D eigenvalue weighted by Crippen LogP contribution is -2.35. The summed E-state index contributed by atoms with van der Waals surface area (Å²) in [6.45, 7) is 2.00. The average molecular weight is 381 g/mol. The van der Waals surface area contributed by atoms with E-state index >= 15 is 0 Å². The van der Waals surface area contributed by atoms with Crippen LogP contribution in [0, 0.1) is 11.3 Å². The van der Waals surface area contributed by atoms with Gasteiger partial charge in [-0.05, 0) is 30.5 Å². The molecule has 0 aliphatic carbocycles. The monoisotopic (exact) mass is 381 g/mol. The minimum atomic E-state index is -0.507. The van der Waals surface area contributed by atoms with E-state index in [0.29, 0.717) is 17.0 Å². The molecule has 4 rings (SSSR count). The van der Waals surface area contributed by atoms with E-state index in [4.69, 9.17) is 10.5 Å². The molecule has 2 aliphatic rings. The number of anilines is 1. The quantitative estimate of drug-likeness (QED) is 0.812. The second-order valence-electron chi connectivity index (χ2n) is 5.70. The van der Waals surface area contributed by atoms with Crippen LogP contribution < -0.4 is 10.6 Å². The fourth-order valence-corrected chi connectivity index (χ4v) is 5.25. The van der Waals surface area contributed by atoms with E-state index in [9.17, 15) is 10.1 Å². The Balaban J connectivity index is 1.97. The number of benzene rings is 1. The van der Waals surface area contributed by atoms with Crippen LogP contribution in [0.1, 0.15) is 17.7 Å². The van der Waals surface area contributed by atoms with Crippen LogP contribution in [0.3, 0.4) is 0 Å². The Morgan fingerprint density at radius 2 is 2.15 bits per heavy atom. The predicted octanol–water partition coefficient (Wildman–Crippen LogP) is 3.93. The molecule has 0 saturated heterocycles. The number of nitrogens with zero attached hydrogens (tertiary/aromatic N) is 2. The van der Waals surface area contributed by atoms with Gasteiger partial charge in [0.1, 0.15) is 10.9 Å². The van der Waals surface area contributed by atoms with Crippen molar-refractivity contribution in [2.75, 3.05) is 11.5 Å². The molecule has 7 heteroatoms. The zero-order chi connectivity index (χ0) is 18.3. The minimum absolute atomic E-state index is 0.247. The number of para-hydroxylation sites is 1. The number of fused-ring (bicyclic) bond motifs is 3. The molecule has 2 N–H and O–H groups in total. The number of esters is 1. The summed E-state index contributed by atoms with van der Waals surface area (Å²) in [5, 5.41) is 12.6. The summed E-state index contributed by atoms with van der Waals surface area (Å²) >= 11 is 3.00. The summed E-state index contributed by atoms with van der Waals surface area (Å²) < 4.78 is 5.27. The van der Waals surface area contributed by atoms with Crippen molar-refractivity contribution < 1.29 is 9.53 Å². The van der Waals surface area contributed by atoms with Crippen molar-refractivity contribution in [2.24, 2.45) is 5.73 Å². The van der Waals surface area contributed by atoms with Crippen molar-refractivity contribution in [3.8, 4) is 6.07 Å². The van der Waals surface area contributed by atoms with E-state index in [1.54, 1.807) is 11.8 Å². The number of carbonyl (C=O) groups is 1. The van der Waals surface area contributed by atoms with Crippen LogP contribution in [0.2, 0.25) is 0 Å². The molecule has 0 saturated carbocycles. The van der Waals surface area contributed by atoms with Gasteiger partial charge in [0.15, 0.2) is 0 Å². The van der Waals surface area contributed by atoms with Crippen LogP contribution in [0.25, 0.3) is 0 Å². The molecule has 0 fully saturated rings. The van der Waals surface area contributed by atoms with E-state index < -0.39 is 11.9 Å². The molecule has 26 heavy (non-hydrogen) atoms. The first-order valence-electron chi connectivity index (χ1n) is 8.08. The van der Waals surface area contributed by atoms with Gasteiger partial charge in [-0.25, -0.2) is 4.79 Å². The third-order valence-electron chi connectivity index (χ3n) is 4.28. The van der Waals surface area contributed by atoms with Gasteiger partial charge >= 0.3 is 5.97 Å². The summed E-state index contributed by atoms with van der Waals surface area (Å²) in [6.07, 6.45) is 0. The van der Waals surface area contributed by atoms with Gasteiger partial charge in [0.2, 0.25) is 0 Å². The van der Waals surface area contributed by atoms with Crippen molar-refractivity contribution in [1.29, 1.82) is 5.26 Å². The van der Waals surface area contributed by atoms with Crippen LogP contribution in [-0.4, -0.2) is 12.6 Å². The maximum atomic E-state index is 12.8. The largest absolute Gasteiger partial charge is 0.463 e. The first-order chi connectivity index (χ1) is 12.7. The summed E-state index contributed by atoms with van der Waals surface area (Å²) in [6, 6.07) is 13.9. The molecular weight excluding hydrogens is 366 g/mol. The number of allylic oxidation sites excluding steroid dienone is 1. The fourth-order valence-electron chi connectivity index (χ4n) is 3.22. The molecule has 0 amide bonds. The van der Waals surface area contributed by atoms with Gasteiger partial charge in [-0.3, -0.25) is 4.90 Å². The maximum Gasteiger partial charge on any atom is 0.338 e. The van der Waals surface area contributed by atoms with Crippen LogP contribution in [0.15, 0.2) is 68.7 Å². The highest BCUT2D eigenvalue weighted by Crippen LogP contribution is 2.54. The summed E-state index contributed by atoms with van der Waals surface area (Å²) in [7, 11) is 0. The number of nitrogens with two attached hydrogens (primary N) is 1. The molecule has 0 radical (unpaired) electrons. The van der Waals surface area contributed by atoms with Gasteiger partial charge in [-0.15, -0.1) is 11.3 Å². The molecule has 130 valence electrons. The second kappa shape index (κ2) is 6.56. The van der Waals surface area contributed by atoms with Gasteiger partial charge in [0.25, 0.3) is 0 Å². The zero-order valence-corrected chi connectivity index (χ0v) is 15.6. The first-order valence-corrected chi connectivity index (χ1v) is 9.78. The van der Waals surface area contributed by atoms with Crippen molar-refractivity contribution in [3.63, 3.8) is 0 Å². The molecule has 1 aromatic heterocycles. The molecule has 1 atom stereocenters. The lowest BCUT2D eigenvalue weighted by molar-refractivity contribution is -0.138. The van der Waals surface area contributed by atoms with Gasteiger partial charge in [-0.1, -0.05) is 30.0 Å². The number of rotatable bonds is 3. The lowest BCUT2D eigenvalue weighted by Gasteiger charge is -2.32. The number of thiophene rings is 1. The Bertz CT molecular complexity index is 986. The van der Waals surface area contributed by atoms with E-state index in [1.165, 1.54) is 23.1 Å². The zero-order valence-electron chi connectivity index (χ0n) is 13.9. The highest BCUT2D eigenvalue weighted by molar-refractivity contribution is 8.03. The van der Waals surface area contributed by atoms with E-state index in [2.05, 4.69) is 6.07 Å². The third kappa shape index (κ3) is 2.42. The number of carbonyl (C=O) groups excluding carboxylic acids is 1. The topological polar surface area (TPSA) is 79.3 Å². The highest BCUT2D eigenvalue weighted by atomic mass is 32.2. The average Bonchev–Trinajstić information content (AvgIpc) is 3.29. The van der Waals surface area contributed by atoms with Crippen LogP contribution in [0.4, 0.5) is 5.69 Å². The molecule has 5 nitrogen and oxygen atoms in total. The SMILES string of the molecule is CCOC(=O)C1=C(N)N2C(=C(C#N)C1c1cccs1)Sc1ccccc12. The number of nitriles is 1. The smallest absolute Gasteiger partial charge is 0.338 e. The Morgan fingerprint density at radius 3 is 2.85 bits per heavy atom. The molecule has 3 heterocycles. The number of hydrogen-bond acceptors (Lipinski definition) is 7. The maximum absolute atomic E-state index is 12.8. The van der Waals surface area contributed by atoms with Gasteiger partial charge in [-0.2, -0.15) is 5.26 Å². The molecule has 0 spiro atoms. The Morgan fingerprint density at radius 1 is 1.35 bits per heavy atom. The van der Waals surface area contributed by atoms with Gasteiger partial charge < -0.3 is 10.5 Å². The van der Waals surface area contributed by atoms with Crippen LogP contribution in [-0.2, 0) is 9.53 Å². The molecule has 2 aliphatic heterocycles. The molecular formula is C19H15N3O2S2. The molecule has 0 bridgehead atoms. The Kier molecular flexibility index (Phi) is 4.23. The van der Waals surface area contributed by atoms with E-state index in [-0.39, 0.29) is 6.61 Å². The minimum Gasteiger partial charge on any atom is -0.463 e.